The van der Waals surface area contributed by atoms with Crippen molar-refractivity contribution in [1.29, 1.82) is 0 Å². The van der Waals surface area contributed by atoms with Crippen molar-refractivity contribution >= 4 is 11.8 Å². The molecule has 19 heavy (non-hydrogen) atoms. The number of carboxylic acids is 1. The number of hydrogen-bond acceptors (Lipinski definition) is 4. The molecular weight excluding hydrogens is 242 g/mol. The molecule has 0 unspecified atom stereocenters. The number of benzene rings is 1. The van der Waals surface area contributed by atoms with Crippen molar-refractivity contribution < 1.29 is 9.90 Å². The number of nitrogens with zero attached hydrogens (tertiary/aromatic N) is 2. The summed E-state index contributed by atoms with van der Waals surface area (Å²) in [6.07, 6.45) is 1.79. The average Bonchev–Trinajstić information content (AvgIpc) is 2.26. The third-order valence-electron chi connectivity index (χ3n) is 2.74. The molecule has 0 aliphatic rings. The first-order valence-corrected chi connectivity index (χ1v) is 5.87. The zero-order valence-electron chi connectivity index (χ0n) is 10.8. The van der Waals surface area contributed by atoms with Crippen LogP contribution in [0.4, 0.5) is 5.82 Å². The van der Waals surface area contributed by atoms with Gasteiger partial charge < -0.3 is 10.8 Å². The number of carboxylic acid groups (broad SMARTS) is 1. The molecule has 1 aromatic heterocycles. The molecule has 2 aromatic rings. The summed E-state index contributed by atoms with van der Waals surface area (Å²) in [5, 5.41) is 8.86. The Bertz CT molecular complexity index is 618. The molecule has 0 saturated heterocycles. The van der Waals surface area contributed by atoms with Crippen molar-refractivity contribution in [3.63, 3.8) is 0 Å². The molecule has 0 fully saturated rings. The lowest BCUT2D eigenvalue weighted by Crippen LogP contribution is -2.08. The van der Waals surface area contributed by atoms with Crippen LogP contribution in [-0.4, -0.2) is 21.0 Å². The van der Waals surface area contributed by atoms with Crippen LogP contribution in [0.25, 0.3) is 0 Å². The second-order valence-electron chi connectivity index (χ2n) is 4.56. The molecule has 0 aliphatic heterocycles. The van der Waals surface area contributed by atoms with Crippen LogP contribution in [0.2, 0.25) is 0 Å². The number of aromatic carboxylic acids is 1. The van der Waals surface area contributed by atoms with Crippen LogP contribution in [0.5, 0.6) is 0 Å². The summed E-state index contributed by atoms with van der Waals surface area (Å²) in [5.41, 5.74) is 8.96. The number of aromatic nitrogens is 2. The van der Waals surface area contributed by atoms with E-state index in [1.54, 1.807) is 0 Å². The fraction of sp³-hybridized carbons (Fsp3) is 0.214. The van der Waals surface area contributed by atoms with Crippen LogP contribution in [0.1, 0.15) is 32.9 Å². The first kappa shape index (κ1) is 13.0. The highest BCUT2D eigenvalue weighted by Gasteiger charge is 2.11. The highest BCUT2D eigenvalue weighted by molar-refractivity contribution is 5.92. The number of rotatable bonds is 3. The largest absolute Gasteiger partial charge is 0.477 e. The molecular formula is C14H15N3O2. The Balaban J connectivity index is 2.28. The lowest BCUT2D eigenvalue weighted by molar-refractivity contribution is 0.0697. The van der Waals surface area contributed by atoms with Gasteiger partial charge in [0.2, 0.25) is 0 Å². The topological polar surface area (TPSA) is 89.1 Å². The standard InChI is InChI=1S/C14H15N3O2/c1-8-3-9(2)5-10(4-8)6-12-16-7-11(14(18)19)13(15)17-12/h3-5,7H,6H2,1-2H3,(H,18,19)(H2,15,16,17). The summed E-state index contributed by atoms with van der Waals surface area (Å²) in [6.45, 7) is 4.05. The number of hydrogen-bond donors (Lipinski definition) is 2. The minimum atomic E-state index is -1.12. The second kappa shape index (κ2) is 5.06. The van der Waals surface area contributed by atoms with Crippen molar-refractivity contribution in [2.75, 3.05) is 5.73 Å². The lowest BCUT2D eigenvalue weighted by atomic mass is 10.0. The molecule has 0 radical (unpaired) electrons. The van der Waals surface area contributed by atoms with Gasteiger partial charge in [-0.2, -0.15) is 0 Å². The van der Waals surface area contributed by atoms with Gasteiger partial charge >= 0.3 is 5.97 Å². The van der Waals surface area contributed by atoms with E-state index in [0.717, 1.165) is 5.56 Å². The first-order chi connectivity index (χ1) is 8.95. The third-order valence-corrected chi connectivity index (χ3v) is 2.74. The van der Waals surface area contributed by atoms with E-state index in [1.807, 2.05) is 13.8 Å². The van der Waals surface area contributed by atoms with Crippen LogP contribution in [0.3, 0.4) is 0 Å². The molecule has 5 nitrogen and oxygen atoms in total. The van der Waals surface area contributed by atoms with Crippen LogP contribution < -0.4 is 5.73 Å². The Kier molecular flexibility index (Phi) is 3.46. The molecule has 3 N–H and O–H groups in total. The van der Waals surface area contributed by atoms with Crippen molar-refractivity contribution in [3.05, 3.63) is 52.5 Å². The smallest absolute Gasteiger partial charge is 0.341 e. The maximum atomic E-state index is 10.8. The monoisotopic (exact) mass is 257 g/mol. The van der Waals surface area contributed by atoms with Crippen LogP contribution in [0.15, 0.2) is 24.4 Å². The Morgan fingerprint density at radius 3 is 2.42 bits per heavy atom. The summed E-state index contributed by atoms with van der Waals surface area (Å²) in [4.78, 5) is 18.9. The predicted molar refractivity (Wildman–Crippen MR) is 72.1 cm³/mol. The summed E-state index contributed by atoms with van der Waals surface area (Å²) in [5.74, 6) is -0.593. The Hall–Kier alpha value is -2.43. The molecule has 0 amide bonds. The van der Waals surface area contributed by atoms with Crippen molar-refractivity contribution in [2.45, 2.75) is 20.3 Å². The number of carbonyl (C=O) groups is 1. The van der Waals surface area contributed by atoms with Crippen LogP contribution in [-0.2, 0) is 6.42 Å². The number of aryl methyl sites for hydroxylation is 2. The SMILES string of the molecule is Cc1cc(C)cc(Cc2ncc(C(=O)O)c(N)n2)c1. The number of nitrogens with two attached hydrogens (primary N) is 1. The van der Waals surface area contributed by atoms with Gasteiger partial charge in [-0.3, -0.25) is 0 Å². The normalized spacial score (nSPS) is 10.4. The highest BCUT2D eigenvalue weighted by atomic mass is 16.4. The Morgan fingerprint density at radius 2 is 1.89 bits per heavy atom. The second-order valence-corrected chi connectivity index (χ2v) is 4.56. The molecule has 1 aromatic carbocycles. The van der Waals surface area contributed by atoms with Gasteiger partial charge in [0.05, 0.1) is 0 Å². The van der Waals surface area contributed by atoms with Crippen molar-refractivity contribution in [1.82, 2.24) is 9.97 Å². The van der Waals surface area contributed by atoms with E-state index in [0.29, 0.717) is 12.2 Å². The minimum Gasteiger partial charge on any atom is -0.477 e. The molecule has 0 spiro atoms. The van der Waals surface area contributed by atoms with Gasteiger partial charge in [-0.25, -0.2) is 14.8 Å². The highest BCUT2D eigenvalue weighted by Crippen LogP contribution is 2.14. The van der Waals surface area contributed by atoms with E-state index in [-0.39, 0.29) is 11.4 Å². The molecule has 1 heterocycles. The van der Waals surface area contributed by atoms with Crippen molar-refractivity contribution in [2.24, 2.45) is 0 Å². The molecule has 5 heteroatoms. The molecule has 98 valence electrons. The van der Waals surface area contributed by atoms with E-state index in [9.17, 15) is 4.79 Å². The Labute approximate surface area is 111 Å². The predicted octanol–water partition coefficient (Wildman–Crippen LogP) is 1.96. The summed E-state index contributed by atoms with van der Waals surface area (Å²) < 4.78 is 0. The lowest BCUT2D eigenvalue weighted by Gasteiger charge is -2.06. The number of anilines is 1. The van der Waals surface area contributed by atoms with E-state index >= 15 is 0 Å². The van der Waals surface area contributed by atoms with Gasteiger partial charge in [0.15, 0.2) is 0 Å². The van der Waals surface area contributed by atoms with Gasteiger partial charge in [-0.1, -0.05) is 29.3 Å². The van der Waals surface area contributed by atoms with Gasteiger partial charge in [-0.15, -0.1) is 0 Å². The fourth-order valence-corrected chi connectivity index (χ4v) is 2.04. The minimum absolute atomic E-state index is 0.00174. The molecule has 2 rings (SSSR count). The zero-order chi connectivity index (χ0) is 14.0. The quantitative estimate of drug-likeness (QED) is 0.877. The molecule has 0 bridgehead atoms. The zero-order valence-corrected chi connectivity index (χ0v) is 10.8. The van der Waals surface area contributed by atoms with E-state index in [4.69, 9.17) is 10.8 Å². The average molecular weight is 257 g/mol. The summed E-state index contributed by atoms with van der Waals surface area (Å²) in [6, 6.07) is 6.20. The van der Waals surface area contributed by atoms with Crippen molar-refractivity contribution in [3.8, 4) is 0 Å². The third kappa shape index (κ3) is 3.07. The molecule has 0 saturated carbocycles. The molecule has 0 atom stereocenters. The maximum absolute atomic E-state index is 10.8. The fourth-order valence-electron chi connectivity index (χ4n) is 2.04. The van der Waals surface area contributed by atoms with Crippen LogP contribution in [0, 0.1) is 13.8 Å². The van der Waals surface area contributed by atoms with Gasteiger partial charge in [0, 0.05) is 12.6 Å². The van der Waals surface area contributed by atoms with E-state index in [1.165, 1.54) is 17.3 Å². The Morgan fingerprint density at radius 1 is 1.26 bits per heavy atom. The molecule has 0 aliphatic carbocycles. The first-order valence-electron chi connectivity index (χ1n) is 5.87. The van der Waals surface area contributed by atoms with Gasteiger partial charge in [0.1, 0.15) is 17.2 Å². The maximum Gasteiger partial charge on any atom is 0.341 e. The summed E-state index contributed by atoms with van der Waals surface area (Å²) >= 11 is 0. The van der Waals surface area contributed by atoms with E-state index < -0.39 is 5.97 Å². The van der Waals surface area contributed by atoms with Gasteiger partial charge in [-0.05, 0) is 19.4 Å². The van der Waals surface area contributed by atoms with Gasteiger partial charge in [0.25, 0.3) is 0 Å². The number of nitrogen functional groups attached to an aromatic ring is 1. The van der Waals surface area contributed by atoms with E-state index in [2.05, 4.69) is 28.2 Å². The summed E-state index contributed by atoms with van der Waals surface area (Å²) in [7, 11) is 0. The van der Waals surface area contributed by atoms with Crippen LogP contribution >= 0.6 is 0 Å².